The average molecular weight is 312 g/mol. The molecule has 0 aliphatic heterocycles. The Balaban J connectivity index is 3.02. The van der Waals surface area contributed by atoms with Crippen molar-refractivity contribution >= 4 is 29.2 Å². The van der Waals surface area contributed by atoms with E-state index in [2.05, 4.69) is 5.32 Å². The standard InChI is InChI=1S/C16H22ClNO3/c1-6-21-15(20)13(16(3,4)5)14(19)18-12-9-7-8-11(17)10(12)2/h7-9,13H,6H2,1-5H3,(H,18,19). The van der Waals surface area contributed by atoms with Gasteiger partial charge in [0.1, 0.15) is 5.92 Å². The molecular weight excluding hydrogens is 290 g/mol. The second-order valence-corrected chi connectivity index (χ2v) is 6.36. The summed E-state index contributed by atoms with van der Waals surface area (Å²) in [4.78, 5) is 24.5. The van der Waals surface area contributed by atoms with E-state index in [9.17, 15) is 9.59 Å². The number of anilines is 1. The molecule has 1 amide bonds. The molecule has 0 saturated carbocycles. The number of esters is 1. The minimum absolute atomic E-state index is 0.245. The molecule has 0 fully saturated rings. The maximum atomic E-state index is 12.5. The summed E-state index contributed by atoms with van der Waals surface area (Å²) in [6.45, 7) is 9.27. The topological polar surface area (TPSA) is 55.4 Å². The monoisotopic (exact) mass is 311 g/mol. The third-order valence-corrected chi connectivity index (χ3v) is 3.59. The fourth-order valence-electron chi connectivity index (χ4n) is 2.03. The van der Waals surface area contributed by atoms with Gasteiger partial charge in [0.25, 0.3) is 0 Å². The predicted octanol–water partition coefficient (Wildman–Crippen LogP) is 3.81. The molecule has 0 radical (unpaired) electrons. The van der Waals surface area contributed by atoms with Gasteiger partial charge in [0.05, 0.1) is 6.61 Å². The van der Waals surface area contributed by atoms with Crippen molar-refractivity contribution in [1.82, 2.24) is 0 Å². The molecule has 0 saturated heterocycles. The number of amides is 1. The number of halogens is 1. The highest BCUT2D eigenvalue weighted by Crippen LogP contribution is 2.30. The molecule has 4 nitrogen and oxygen atoms in total. The SMILES string of the molecule is CCOC(=O)C(C(=O)Nc1cccc(Cl)c1C)C(C)(C)C. The summed E-state index contributed by atoms with van der Waals surface area (Å²) < 4.78 is 5.02. The lowest BCUT2D eigenvalue weighted by molar-refractivity contribution is -0.155. The Labute approximate surface area is 130 Å². The van der Waals surface area contributed by atoms with Gasteiger partial charge in [0.2, 0.25) is 5.91 Å². The van der Waals surface area contributed by atoms with Gasteiger partial charge in [-0.15, -0.1) is 0 Å². The van der Waals surface area contributed by atoms with Gasteiger partial charge in [-0.25, -0.2) is 0 Å². The van der Waals surface area contributed by atoms with Gasteiger partial charge in [0.15, 0.2) is 0 Å². The van der Waals surface area contributed by atoms with Crippen LogP contribution in [0.2, 0.25) is 5.02 Å². The first-order chi connectivity index (χ1) is 9.68. The van der Waals surface area contributed by atoms with Crippen LogP contribution in [0.1, 0.15) is 33.3 Å². The Morgan fingerprint density at radius 1 is 1.33 bits per heavy atom. The molecule has 1 atom stereocenters. The number of benzene rings is 1. The van der Waals surface area contributed by atoms with Crippen molar-refractivity contribution in [2.75, 3.05) is 11.9 Å². The van der Waals surface area contributed by atoms with Gasteiger partial charge >= 0.3 is 5.97 Å². The first-order valence-corrected chi connectivity index (χ1v) is 7.29. The van der Waals surface area contributed by atoms with Crippen LogP contribution in [0.3, 0.4) is 0 Å². The van der Waals surface area contributed by atoms with Crippen LogP contribution < -0.4 is 5.32 Å². The van der Waals surface area contributed by atoms with Crippen molar-refractivity contribution in [3.8, 4) is 0 Å². The van der Waals surface area contributed by atoms with Gasteiger partial charge in [-0.2, -0.15) is 0 Å². The highest BCUT2D eigenvalue weighted by molar-refractivity contribution is 6.31. The summed E-state index contributed by atoms with van der Waals surface area (Å²) in [6, 6.07) is 5.25. The van der Waals surface area contributed by atoms with E-state index in [4.69, 9.17) is 16.3 Å². The third-order valence-electron chi connectivity index (χ3n) is 3.18. The predicted molar refractivity (Wildman–Crippen MR) is 84.4 cm³/mol. The van der Waals surface area contributed by atoms with Crippen molar-refractivity contribution < 1.29 is 14.3 Å². The van der Waals surface area contributed by atoms with Crippen LogP contribution >= 0.6 is 11.6 Å². The van der Waals surface area contributed by atoms with E-state index in [1.54, 1.807) is 25.1 Å². The Hall–Kier alpha value is -1.55. The highest BCUT2D eigenvalue weighted by Gasteiger charge is 2.39. The zero-order valence-electron chi connectivity index (χ0n) is 13.1. The van der Waals surface area contributed by atoms with Gasteiger partial charge < -0.3 is 10.1 Å². The smallest absolute Gasteiger partial charge is 0.319 e. The molecule has 116 valence electrons. The van der Waals surface area contributed by atoms with Crippen molar-refractivity contribution in [1.29, 1.82) is 0 Å². The minimum atomic E-state index is -0.879. The van der Waals surface area contributed by atoms with Crippen LogP contribution in [-0.2, 0) is 14.3 Å². The molecule has 1 unspecified atom stereocenters. The van der Waals surface area contributed by atoms with Crippen LogP contribution in [0, 0.1) is 18.3 Å². The van der Waals surface area contributed by atoms with Crippen LogP contribution in [0.4, 0.5) is 5.69 Å². The molecule has 1 rings (SSSR count). The normalized spacial score (nSPS) is 12.7. The second kappa shape index (κ2) is 6.94. The quantitative estimate of drug-likeness (QED) is 0.679. The van der Waals surface area contributed by atoms with E-state index < -0.39 is 17.3 Å². The van der Waals surface area contributed by atoms with Crippen LogP contribution in [-0.4, -0.2) is 18.5 Å². The van der Waals surface area contributed by atoms with E-state index >= 15 is 0 Å². The summed E-state index contributed by atoms with van der Waals surface area (Å²) in [5.74, 6) is -1.77. The molecule has 1 N–H and O–H groups in total. The van der Waals surface area contributed by atoms with Crippen molar-refractivity contribution in [3.63, 3.8) is 0 Å². The van der Waals surface area contributed by atoms with Crippen molar-refractivity contribution in [2.24, 2.45) is 11.3 Å². The lowest BCUT2D eigenvalue weighted by Gasteiger charge is -2.27. The average Bonchev–Trinajstić information content (AvgIpc) is 2.33. The second-order valence-electron chi connectivity index (χ2n) is 5.95. The van der Waals surface area contributed by atoms with Gasteiger partial charge in [0, 0.05) is 10.7 Å². The first kappa shape index (κ1) is 17.5. The number of nitrogens with one attached hydrogen (secondary N) is 1. The van der Waals surface area contributed by atoms with Crippen LogP contribution in [0.15, 0.2) is 18.2 Å². The molecule has 0 spiro atoms. The zero-order valence-corrected chi connectivity index (χ0v) is 13.9. The number of hydrogen-bond donors (Lipinski definition) is 1. The summed E-state index contributed by atoms with van der Waals surface area (Å²) in [7, 11) is 0. The van der Waals surface area contributed by atoms with Crippen LogP contribution in [0.5, 0.6) is 0 Å². The maximum Gasteiger partial charge on any atom is 0.319 e. The molecule has 5 heteroatoms. The van der Waals surface area contributed by atoms with E-state index in [1.807, 2.05) is 27.7 Å². The number of rotatable bonds is 4. The third kappa shape index (κ3) is 4.46. The van der Waals surface area contributed by atoms with Crippen molar-refractivity contribution in [2.45, 2.75) is 34.6 Å². The Kier molecular flexibility index (Phi) is 5.78. The summed E-state index contributed by atoms with van der Waals surface area (Å²) in [5.41, 5.74) is 0.832. The number of carbonyl (C=O) groups excluding carboxylic acids is 2. The number of hydrogen-bond acceptors (Lipinski definition) is 3. The fourth-order valence-corrected chi connectivity index (χ4v) is 2.20. The molecule has 0 aromatic heterocycles. The zero-order chi connectivity index (χ0) is 16.2. The van der Waals surface area contributed by atoms with Gasteiger partial charge in [-0.3, -0.25) is 9.59 Å². The van der Waals surface area contributed by atoms with E-state index in [0.29, 0.717) is 10.7 Å². The number of carbonyl (C=O) groups is 2. The molecule has 21 heavy (non-hydrogen) atoms. The number of ether oxygens (including phenoxy) is 1. The molecule has 1 aromatic rings. The first-order valence-electron chi connectivity index (χ1n) is 6.91. The minimum Gasteiger partial charge on any atom is -0.465 e. The molecule has 0 bridgehead atoms. The maximum absolute atomic E-state index is 12.5. The molecule has 0 aliphatic rings. The van der Waals surface area contributed by atoms with Crippen LogP contribution in [0.25, 0.3) is 0 Å². The summed E-state index contributed by atoms with van der Waals surface area (Å²) >= 11 is 6.04. The van der Waals surface area contributed by atoms with E-state index in [-0.39, 0.29) is 12.5 Å². The van der Waals surface area contributed by atoms with E-state index in [1.165, 1.54) is 0 Å². The Morgan fingerprint density at radius 3 is 2.48 bits per heavy atom. The lowest BCUT2D eigenvalue weighted by atomic mass is 9.80. The largest absolute Gasteiger partial charge is 0.465 e. The molecule has 0 aliphatic carbocycles. The molecule has 0 heterocycles. The molecular formula is C16H22ClNO3. The van der Waals surface area contributed by atoms with E-state index in [0.717, 1.165) is 5.56 Å². The summed E-state index contributed by atoms with van der Waals surface area (Å²) in [5, 5.41) is 3.34. The Morgan fingerprint density at radius 2 is 1.95 bits per heavy atom. The lowest BCUT2D eigenvalue weighted by Crippen LogP contribution is -2.40. The van der Waals surface area contributed by atoms with Gasteiger partial charge in [-0.05, 0) is 37.0 Å². The van der Waals surface area contributed by atoms with Crippen molar-refractivity contribution in [3.05, 3.63) is 28.8 Å². The summed E-state index contributed by atoms with van der Waals surface area (Å²) in [6.07, 6.45) is 0. The fraction of sp³-hybridized carbons (Fsp3) is 0.500. The Bertz CT molecular complexity index is 535. The van der Waals surface area contributed by atoms with Gasteiger partial charge in [-0.1, -0.05) is 38.4 Å². The molecule has 1 aromatic carbocycles. The highest BCUT2D eigenvalue weighted by atomic mass is 35.5.